The Hall–Kier alpha value is -3.47. The molecule has 1 aliphatic heterocycles. The molecular formula is C24H21ClN6O3S. The van der Waals surface area contributed by atoms with Crippen LogP contribution in [0.3, 0.4) is 0 Å². The summed E-state index contributed by atoms with van der Waals surface area (Å²) in [7, 11) is 0. The lowest BCUT2D eigenvalue weighted by Gasteiger charge is -2.13. The molecule has 1 aliphatic carbocycles. The van der Waals surface area contributed by atoms with Crippen molar-refractivity contribution in [1.82, 2.24) is 15.0 Å². The summed E-state index contributed by atoms with van der Waals surface area (Å²) in [6.07, 6.45) is 4.10. The van der Waals surface area contributed by atoms with Crippen molar-refractivity contribution >= 4 is 57.1 Å². The van der Waals surface area contributed by atoms with Crippen LogP contribution < -0.4 is 15.4 Å². The molecule has 0 spiro atoms. The van der Waals surface area contributed by atoms with Gasteiger partial charge in [0.2, 0.25) is 0 Å². The molecular weight excluding hydrogens is 488 g/mol. The van der Waals surface area contributed by atoms with E-state index in [9.17, 15) is 5.11 Å². The second kappa shape index (κ2) is 9.29. The Bertz CT molecular complexity index is 1400. The van der Waals surface area contributed by atoms with E-state index in [1.165, 1.54) is 17.7 Å². The van der Waals surface area contributed by atoms with Gasteiger partial charge in [0.25, 0.3) is 6.02 Å². The third-order valence-electron chi connectivity index (χ3n) is 5.91. The molecule has 3 N–H and O–H groups in total. The van der Waals surface area contributed by atoms with Gasteiger partial charge in [-0.3, -0.25) is 0 Å². The molecule has 0 unspecified atom stereocenters. The van der Waals surface area contributed by atoms with Gasteiger partial charge in [0, 0.05) is 34.8 Å². The van der Waals surface area contributed by atoms with Crippen molar-refractivity contribution in [3.63, 3.8) is 0 Å². The molecule has 3 atom stereocenters. The van der Waals surface area contributed by atoms with Crippen molar-refractivity contribution in [1.29, 1.82) is 0 Å². The summed E-state index contributed by atoms with van der Waals surface area (Å²) >= 11 is 7.99. The van der Waals surface area contributed by atoms with Gasteiger partial charge in [-0.05, 0) is 42.8 Å². The highest BCUT2D eigenvalue weighted by molar-refractivity contribution is 7.09. The zero-order chi connectivity index (χ0) is 23.8. The topological polar surface area (TPSA) is 114 Å². The summed E-state index contributed by atoms with van der Waals surface area (Å²) in [6.45, 7) is 0.369. The number of fused-ring (bicyclic) bond motifs is 2. The maximum Gasteiger partial charge on any atom is 0.289 e. The van der Waals surface area contributed by atoms with E-state index in [1.54, 1.807) is 12.3 Å². The molecule has 0 saturated heterocycles. The van der Waals surface area contributed by atoms with Gasteiger partial charge in [-0.2, -0.15) is 0 Å². The first-order valence-corrected chi connectivity index (χ1v) is 12.4. The molecule has 2 aliphatic rings. The highest BCUT2D eigenvalue weighted by Gasteiger charge is 2.40. The first-order chi connectivity index (χ1) is 17.1. The number of hydrogen-bond acceptors (Lipinski definition) is 10. The number of amidine groups is 1. The van der Waals surface area contributed by atoms with Crippen LogP contribution in [-0.2, 0) is 11.3 Å². The fourth-order valence-electron chi connectivity index (χ4n) is 4.25. The van der Waals surface area contributed by atoms with Gasteiger partial charge < -0.3 is 25.2 Å². The van der Waals surface area contributed by atoms with Crippen LogP contribution in [-0.4, -0.2) is 44.3 Å². The van der Waals surface area contributed by atoms with Crippen LogP contribution >= 0.6 is 22.9 Å². The monoisotopic (exact) mass is 508 g/mol. The number of nitrogens with one attached hydrogen (secondary N) is 2. The number of ether oxygens (including phenoxy) is 2. The van der Waals surface area contributed by atoms with E-state index in [2.05, 4.69) is 30.6 Å². The van der Waals surface area contributed by atoms with Crippen molar-refractivity contribution in [2.24, 2.45) is 4.99 Å². The van der Waals surface area contributed by atoms with E-state index in [0.29, 0.717) is 42.1 Å². The van der Waals surface area contributed by atoms with Crippen LogP contribution in [0.25, 0.3) is 10.9 Å². The van der Waals surface area contributed by atoms with Crippen LogP contribution in [0.15, 0.2) is 59.3 Å². The second-order valence-electron chi connectivity index (χ2n) is 8.35. The van der Waals surface area contributed by atoms with Crippen molar-refractivity contribution < 1.29 is 14.6 Å². The van der Waals surface area contributed by atoms with Crippen LogP contribution in [0.4, 0.5) is 17.2 Å². The van der Waals surface area contributed by atoms with Gasteiger partial charge in [-0.25, -0.2) is 19.9 Å². The number of thiazole rings is 1. The highest BCUT2D eigenvalue weighted by atomic mass is 35.5. The van der Waals surface area contributed by atoms with Gasteiger partial charge in [0.15, 0.2) is 0 Å². The summed E-state index contributed by atoms with van der Waals surface area (Å²) in [5.74, 6) is 1.22. The summed E-state index contributed by atoms with van der Waals surface area (Å²) in [4.78, 5) is 17.6. The third-order valence-corrected chi connectivity index (χ3v) is 6.96. The molecule has 35 heavy (non-hydrogen) atoms. The molecule has 0 radical (unpaired) electrons. The van der Waals surface area contributed by atoms with Crippen molar-refractivity contribution in [3.8, 4) is 5.75 Å². The highest BCUT2D eigenvalue weighted by Crippen LogP contribution is 2.33. The summed E-state index contributed by atoms with van der Waals surface area (Å²) < 4.78 is 11.7. The molecule has 2 aromatic carbocycles. The molecule has 11 heteroatoms. The average molecular weight is 509 g/mol. The van der Waals surface area contributed by atoms with Crippen LogP contribution in [0, 0.1) is 0 Å². The number of aliphatic hydroxyl groups excluding tert-OH is 1. The molecule has 6 rings (SSSR count). The molecule has 9 nitrogen and oxygen atoms in total. The summed E-state index contributed by atoms with van der Waals surface area (Å²) in [5.41, 5.74) is 2.36. The van der Waals surface area contributed by atoms with Gasteiger partial charge >= 0.3 is 0 Å². The van der Waals surface area contributed by atoms with Gasteiger partial charge in [-0.1, -0.05) is 11.6 Å². The molecule has 1 saturated carbocycles. The van der Waals surface area contributed by atoms with Crippen molar-refractivity contribution in [3.05, 3.63) is 64.3 Å². The SMILES string of the molecule is O[C@H]1C[C@@H]2OC(Nc3ccc4ncnc(Nc5ccc(OCc6nccs6)c(Cl)c5)c4c3)=N[C@@H]2C1. The first kappa shape index (κ1) is 22.0. The normalized spacial score (nSPS) is 20.9. The van der Waals surface area contributed by atoms with Gasteiger partial charge in [-0.15, -0.1) is 11.3 Å². The lowest BCUT2D eigenvalue weighted by Crippen LogP contribution is -2.19. The predicted octanol–water partition coefficient (Wildman–Crippen LogP) is 4.75. The quantitative estimate of drug-likeness (QED) is 0.342. The van der Waals surface area contributed by atoms with Gasteiger partial charge in [0.05, 0.1) is 22.7 Å². The number of aliphatic hydroxyl groups is 1. The molecule has 4 aromatic rings. The van der Waals surface area contributed by atoms with Crippen LogP contribution in [0.1, 0.15) is 17.8 Å². The van der Waals surface area contributed by atoms with Gasteiger partial charge in [0.1, 0.15) is 35.6 Å². The minimum Gasteiger partial charge on any atom is -0.485 e. The largest absolute Gasteiger partial charge is 0.485 e. The van der Waals surface area contributed by atoms with E-state index in [-0.39, 0.29) is 18.2 Å². The molecule has 1 fully saturated rings. The maximum absolute atomic E-state index is 9.77. The number of nitrogens with zero attached hydrogens (tertiary/aromatic N) is 4. The molecule has 0 bridgehead atoms. The molecule has 178 valence electrons. The van der Waals surface area contributed by atoms with Crippen LogP contribution in [0.2, 0.25) is 5.02 Å². The number of benzene rings is 2. The van der Waals surface area contributed by atoms with E-state index in [1.807, 2.05) is 35.7 Å². The molecule has 0 amide bonds. The minimum absolute atomic E-state index is 0.00629. The number of anilines is 3. The zero-order valence-corrected chi connectivity index (χ0v) is 20.0. The van der Waals surface area contributed by atoms with Crippen molar-refractivity contribution in [2.75, 3.05) is 10.6 Å². The third kappa shape index (κ3) is 4.72. The van der Waals surface area contributed by atoms with E-state index < -0.39 is 0 Å². The number of aromatic nitrogens is 3. The second-order valence-corrected chi connectivity index (χ2v) is 9.73. The zero-order valence-electron chi connectivity index (χ0n) is 18.4. The first-order valence-electron chi connectivity index (χ1n) is 11.1. The Labute approximate surface area is 209 Å². The lowest BCUT2D eigenvalue weighted by molar-refractivity contribution is 0.148. The van der Waals surface area contributed by atoms with E-state index >= 15 is 0 Å². The minimum atomic E-state index is -0.339. The fourth-order valence-corrected chi connectivity index (χ4v) is 5.02. The Kier molecular flexibility index (Phi) is 5.85. The lowest BCUT2D eigenvalue weighted by atomic mass is 10.2. The Morgan fingerprint density at radius 3 is 2.80 bits per heavy atom. The number of hydrogen-bond donors (Lipinski definition) is 3. The Morgan fingerprint density at radius 2 is 1.97 bits per heavy atom. The number of aliphatic imine (C=N–C) groups is 1. The summed E-state index contributed by atoms with van der Waals surface area (Å²) in [5, 5.41) is 20.4. The molecule has 3 heterocycles. The smallest absolute Gasteiger partial charge is 0.289 e. The number of rotatable bonds is 6. The standard InChI is InChI=1S/C24H21ClN6O3S/c25-17-8-14(2-4-20(17)33-11-22-26-5-6-35-22)29-23-16-7-13(1-3-18(16)27-12-28-23)30-24-31-19-9-15(32)10-21(19)34-24/h1-8,12,15,19,21,32H,9-11H2,(H,30,31)(H,27,28,29)/t15-,19-,21+/m1/s1. The fraction of sp³-hybridized carbons (Fsp3) is 0.250. The van der Waals surface area contributed by atoms with E-state index in [4.69, 9.17) is 21.1 Å². The van der Waals surface area contributed by atoms with Crippen LogP contribution in [0.5, 0.6) is 5.75 Å². The average Bonchev–Trinajstić information content (AvgIpc) is 3.56. The molecule has 2 aromatic heterocycles. The van der Waals surface area contributed by atoms with E-state index in [0.717, 1.165) is 27.3 Å². The number of halogens is 1. The Balaban J connectivity index is 1.19. The summed E-state index contributed by atoms with van der Waals surface area (Å²) in [6, 6.07) is 11.7. The maximum atomic E-state index is 9.77. The predicted molar refractivity (Wildman–Crippen MR) is 136 cm³/mol. The van der Waals surface area contributed by atoms with Crippen molar-refractivity contribution in [2.45, 2.75) is 37.7 Å². The Morgan fingerprint density at radius 1 is 1.09 bits per heavy atom.